The van der Waals surface area contributed by atoms with Crippen molar-refractivity contribution in [2.75, 3.05) is 13.1 Å². The molecule has 2 unspecified atom stereocenters. The second kappa shape index (κ2) is 4.84. The van der Waals surface area contributed by atoms with Gasteiger partial charge in [-0.25, -0.2) is 0 Å². The summed E-state index contributed by atoms with van der Waals surface area (Å²) in [5, 5.41) is 4.24. The number of nitrogens with one attached hydrogen (secondary N) is 1. The van der Waals surface area contributed by atoms with Crippen LogP contribution in [0.4, 0.5) is 0 Å². The van der Waals surface area contributed by atoms with Gasteiger partial charge in [0.2, 0.25) is 0 Å². The van der Waals surface area contributed by atoms with Crippen LogP contribution in [-0.2, 0) is 10.2 Å². The fourth-order valence-corrected chi connectivity index (χ4v) is 3.37. The molecule has 2 saturated heterocycles. The van der Waals surface area contributed by atoms with Crippen LogP contribution in [0, 0.1) is 0 Å². The van der Waals surface area contributed by atoms with E-state index in [2.05, 4.69) is 30.4 Å². The minimum absolute atomic E-state index is 0.236. The van der Waals surface area contributed by atoms with Gasteiger partial charge in [-0.15, -0.1) is 0 Å². The summed E-state index contributed by atoms with van der Waals surface area (Å²) in [6, 6.07) is 8.31. The lowest BCUT2D eigenvalue weighted by Gasteiger charge is -2.44. The fraction of sp³-hybridized carbons (Fsp3) is 0.600. The number of hydrogen-bond donors (Lipinski definition) is 1. The largest absolute Gasteiger partial charge is 0.375 e. The molecule has 2 nitrogen and oxygen atoms in total. The van der Waals surface area contributed by atoms with E-state index in [1.165, 1.54) is 18.4 Å². The second-order valence-corrected chi connectivity index (χ2v) is 6.18. The van der Waals surface area contributed by atoms with Crippen molar-refractivity contribution in [2.24, 2.45) is 0 Å². The molecule has 0 aliphatic carbocycles. The van der Waals surface area contributed by atoms with Crippen LogP contribution in [-0.4, -0.2) is 25.3 Å². The molecular formula is C15H20ClNO. The van der Waals surface area contributed by atoms with Gasteiger partial charge in [-0.05, 0) is 43.9 Å². The minimum Gasteiger partial charge on any atom is -0.375 e. The van der Waals surface area contributed by atoms with E-state index >= 15 is 0 Å². The summed E-state index contributed by atoms with van der Waals surface area (Å²) in [5.74, 6) is 0. The molecule has 1 aromatic carbocycles. The maximum Gasteiger partial charge on any atom is 0.0589 e. The molecule has 0 bridgehead atoms. The lowest BCUT2D eigenvalue weighted by molar-refractivity contribution is 0.0273. The zero-order valence-corrected chi connectivity index (χ0v) is 11.5. The molecule has 98 valence electrons. The van der Waals surface area contributed by atoms with Gasteiger partial charge in [0.1, 0.15) is 0 Å². The number of halogens is 1. The smallest absolute Gasteiger partial charge is 0.0589 e. The summed E-state index contributed by atoms with van der Waals surface area (Å²) in [6.45, 7) is 4.26. The highest BCUT2D eigenvalue weighted by Gasteiger charge is 2.42. The van der Waals surface area contributed by atoms with Crippen LogP contribution in [0.2, 0.25) is 5.02 Å². The zero-order valence-electron chi connectivity index (χ0n) is 10.8. The molecule has 1 aromatic rings. The molecule has 2 aliphatic rings. The van der Waals surface area contributed by atoms with Gasteiger partial charge in [0.15, 0.2) is 0 Å². The Morgan fingerprint density at radius 2 is 2.22 bits per heavy atom. The third kappa shape index (κ3) is 2.29. The van der Waals surface area contributed by atoms with Gasteiger partial charge in [-0.1, -0.05) is 23.7 Å². The van der Waals surface area contributed by atoms with Crippen LogP contribution >= 0.6 is 11.6 Å². The van der Waals surface area contributed by atoms with Crippen LogP contribution in [0.1, 0.15) is 31.7 Å². The van der Waals surface area contributed by atoms with Crippen molar-refractivity contribution in [3.63, 3.8) is 0 Å². The average Bonchev–Trinajstić information content (AvgIpc) is 2.69. The first-order chi connectivity index (χ1) is 8.68. The summed E-state index contributed by atoms with van der Waals surface area (Å²) in [5.41, 5.74) is 1.59. The highest BCUT2D eigenvalue weighted by molar-refractivity contribution is 6.30. The monoisotopic (exact) mass is 265 g/mol. The van der Waals surface area contributed by atoms with Crippen molar-refractivity contribution in [3.8, 4) is 0 Å². The van der Waals surface area contributed by atoms with Crippen LogP contribution in [0.25, 0.3) is 0 Å². The Kier molecular flexibility index (Phi) is 3.35. The standard InChI is InChI=1S/C15H20ClNO/c1-11-5-6-14(18-11)8-15(9-17-10-15)12-3-2-4-13(16)7-12/h2-4,7,11,14,17H,5-6,8-10H2,1H3. The Bertz CT molecular complexity index is 430. The van der Waals surface area contributed by atoms with Crippen LogP contribution < -0.4 is 5.32 Å². The number of ether oxygens (including phenoxy) is 1. The minimum atomic E-state index is 0.236. The first kappa shape index (κ1) is 12.5. The molecule has 2 aliphatic heterocycles. The van der Waals surface area contributed by atoms with Gasteiger partial charge in [0, 0.05) is 23.5 Å². The van der Waals surface area contributed by atoms with E-state index in [-0.39, 0.29) is 5.41 Å². The van der Waals surface area contributed by atoms with Crippen molar-refractivity contribution < 1.29 is 4.74 Å². The maximum absolute atomic E-state index is 6.12. The molecule has 2 atom stereocenters. The Hall–Kier alpha value is -0.570. The zero-order chi connectivity index (χ0) is 12.6. The molecule has 1 N–H and O–H groups in total. The van der Waals surface area contributed by atoms with Gasteiger partial charge in [-0.2, -0.15) is 0 Å². The molecule has 0 amide bonds. The Morgan fingerprint density at radius 1 is 1.39 bits per heavy atom. The van der Waals surface area contributed by atoms with Crippen molar-refractivity contribution >= 4 is 11.6 Å². The van der Waals surface area contributed by atoms with E-state index in [0.717, 1.165) is 24.5 Å². The topological polar surface area (TPSA) is 21.3 Å². The predicted octanol–water partition coefficient (Wildman–Crippen LogP) is 3.14. The lowest BCUT2D eigenvalue weighted by Crippen LogP contribution is -2.58. The first-order valence-corrected chi connectivity index (χ1v) is 7.18. The molecule has 18 heavy (non-hydrogen) atoms. The summed E-state index contributed by atoms with van der Waals surface area (Å²) in [7, 11) is 0. The average molecular weight is 266 g/mol. The predicted molar refractivity (Wildman–Crippen MR) is 74.2 cm³/mol. The van der Waals surface area contributed by atoms with Crippen molar-refractivity contribution in [3.05, 3.63) is 34.9 Å². The molecule has 0 spiro atoms. The van der Waals surface area contributed by atoms with Gasteiger partial charge >= 0.3 is 0 Å². The summed E-state index contributed by atoms with van der Waals surface area (Å²) < 4.78 is 5.98. The lowest BCUT2D eigenvalue weighted by atomic mass is 9.71. The quantitative estimate of drug-likeness (QED) is 0.907. The molecule has 0 aromatic heterocycles. The van der Waals surface area contributed by atoms with E-state index in [1.54, 1.807) is 0 Å². The first-order valence-electron chi connectivity index (χ1n) is 6.80. The molecule has 3 rings (SSSR count). The van der Waals surface area contributed by atoms with Gasteiger partial charge < -0.3 is 10.1 Å². The highest BCUT2D eigenvalue weighted by atomic mass is 35.5. The molecule has 2 heterocycles. The van der Waals surface area contributed by atoms with Crippen LogP contribution in [0.15, 0.2) is 24.3 Å². The number of hydrogen-bond acceptors (Lipinski definition) is 2. The normalized spacial score (nSPS) is 30.1. The summed E-state index contributed by atoms with van der Waals surface area (Å²) in [4.78, 5) is 0. The second-order valence-electron chi connectivity index (χ2n) is 5.74. The Balaban J connectivity index is 1.78. The third-order valence-corrected chi connectivity index (χ3v) is 4.54. The SMILES string of the molecule is CC1CCC(CC2(c3cccc(Cl)c3)CNC2)O1. The van der Waals surface area contributed by atoms with Crippen molar-refractivity contribution in [2.45, 2.75) is 43.8 Å². The van der Waals surface area contributed by atoms with Crippen molar-refractivity contribution in [1.82, 2.24) is 5.32 Å². The van der Waals surface area contributed by atoms with E-state index in [0.29, 0.717) is 12.2 Å². The van der Waals surface area contributed by atoms with Crippen LogP contribution in [0.5, 0.6) is 0 Å². The van der Waals surface area contributed by atoms with E-state index in [9.17, 15) is 0 Å². The molecule has 2 fully saturated rings. The van der Waals surface area contributed by atoms with E-state index < -0.39 is 0 Å². The van der Waals surface area contributed by atoms with Gasteiger partial charge in [0.25, 0.3) is 0 Å². The van der Waals surface area contributed by atoms with Gasteiger partial charge in [-0.3, -0.25) is 0 Å². The molecular weight excluding hydrogens is 246 g/mol. The fourth-order valence-electron chi connectivity index (χ4n) is 3.18. The third-order valence-electron chi connectivity index (χ3n) is 4.30. The Morgan fingerprint density at radius 3 is 2.78 bits per heavy atom. The number of benzene rings is 1. The summed E-state index contributed by atoms with van der Waals surface area (Å²) >= 11 is 6.12. The molecule has 3 heteroatoms. The maximum atomic E-state index is 6.12. The van der Waals surface area contributed by atoms with E-state index in [1.807, 2.05) is 6.07 Å². The molecule has 0 saturated carbocycles. The summed E-state index contributed by atoms with van der Waals surface area (Å²) in [6.07, 6.45) is 4.36. The van der Waals surface area contributed by atoms with Gasteiger partial charge in [0.05, 0.1) is 12.2 Å². The Labute approximate surface area is 114 Å². The van der Waals surface area contributed by atoms with E-state index in [4.69, 9.17) is 16.3 Å². The van der Waals surface area contributed by atoms with Crippen molar-refractivity contribution in [1.29, 1.82) is 0 Å². The molecule has 0 radical (unpaired) electrons. The number of rotatable bonds is 3. The highest BCUT2D eigenvalue weighted by Crippen LogP contribution is 2.38. The van der Waals surface area contributed by atoms with Crippen LogP contribution in [0.3, 0.4) is 0 Å².